The third-order valence-corrected chi connectivity index (χ3v) is 3.87. The molecule has 0 amide bonds. The fraction of sp³-hybridized carbons (Fsp3) is 0.571. The molecule has 0 aliphatic carbocycles. The molecule has 0 aliphatic rings. The van der Waals surface area contributed by atoms with Crippen molar-refractivity contribution in [3.8, 4) is 0 Å². The van der Waals surface area contributed by atoms with Gasteiger partial charge in [0.2, 0.25) is 0 Å². The highest BCUT2D eigenvalue weighted by atomic mass is 79.9. The maximum atomic E-state index is 14.0. The number of rotatable bonds is 6. The van der Waals surface area contributed by atoms with Crippen molar-refractivity contribution in [3.05, 3.63) is 34.1 Å². The minimum absolute atomic E-state index is 0.0629. The van der Waals surface area contributed by atoms with Crippen molar-refractivity contribution < 1.29 is 4.39 Å². The summed E-state index contributed by atoms with van der Waals surface area (Å²) >= 11 is 3.27. The third-order valence-electron chi connectivity index (χ3n) is 3.37. The molecular weight excluding hydrogens is 295 g/mol. The smallest absolute Gasteiger partial charge is 0.129 e. The van der Waals surface area contributed by atoms with Crippen molar-refractivity contribution in [1.29, 1.82) is 0 Å². The van der Waals surface area contributed by atoms with Crippen LogP contribution in [0.5, 0.6) is 0 Å². The third kappa shape index (κ3) is 4.04. The molecule has 18 heavy (non-hydrogen) atoms. The van der Waals surface area contributed by atoms with Gasteiger partial charge in [-0.3, -0.25) is 4.90 Å². The first kappa shape index (κ1) is 15.6. The molecule has 1 aromatic rings. The second kappa shape index (κ2) is 7.22. The zero-order valence-electron chi connectivity index (χ0n) is 11.3. The average Bonchev–Trinajstić information content (AvgIpc) is 2.32. The first-order valence-corrected chi connectivity index (χ1v) is 7.14. The number of halogens is 2. The van der Waals surface area contributed by atoms with Crippen LogP contribution in [0.15, 0.2) is 22.7 Å². The number of likely N-dealkylation sites (N-methyl/N-ethyl adjacent to an activating group) is 1. The first-order valence-electron chi connectivity index (χ1n) is 6.34. The molecule has 4 heteroatoms. The largest absolute Gasteiger partial charge is 0.329 e. The summed E-state index contributed by atoms with van der Waals surface area (Å²) in [5.74, 6) is 0.387. The maximum Gasteiger partial charge on any atom is 0.129 e. The lowest BCUT2D eigenvalue weighted by Gasteiger charge is -2.29. The quantitative estimate of drug-likeness (QED) is 0.869. The highest BCUT2D eigenvalue weighted by molar-refractivity contribution is 9.10. The van der Waals surface area contributed by atoms with Gasteiger partial charge in [-0.25, -0.2) is 4.39 Å². The molecule has 0 saturated carbocycles. The van der Waals surface area contributed by atoms with Crippen LogP contribution in [0, 0.1) is 11.7 Å². The summed E-state index contributed by atoms with van der Waals surface area (Å²) in [5, 5.41) is 0. The summed E-state index contributed by atoms with van der Waals surface area (Å²) in [7, 11) is 2.01. The van der Waals surface area contributed by atoms with E-state index >= 15 is 0 Å². The maximum absolute atomic E-state index is 14.0. The number of benzene rings is 1. The van der Waals surface area contributed by atoms with Gasteiger partial charge in [0, 0.05) is 29.2 Å². The lowest BCUT2D eigenvalue weighted by atomic mass is 10.0. The molecule has 0 fully saturated rings. The van der Waals surface area contributed by atoms with Crippen molar-refractivity contribution in [2.24, 2.45) is 11.7 Å². The van der Waals surface area contributed by atoms with Crippen molar-refractivity contribution >= 4 is 15.9 Å². The second-order valence-electron chi connectivity index (χ2n) is 4.87. The highest BCUT2D eigenvalue weighted by Crippen LogP contribution is 2.25. The number of hydrogen-bond acceptors (Lipinski definition) is 2. The standard InChI is InChI=1S/C14H22BrFN2/c1-4-10(2)9-18(3)14(8-17)12-6-5-11(15)7-13(12)16/h5-7,10,14H,4,8-9,17H2,1-3H3. The second-order valence-corrected chi connectivity index (χ2v) is 5.79. The van der Waals surface area contributed by atoms with Gasteiger partial charge in [-0.05, 0) is 25.1 Å². The minimum Gasteiger partial charge on any atom is -0.329 e. The number of hydrogen-bond donors (Lipinski definition) is 1. The zero-order valence-corrected chi connectivity index (χ0v) is 12.9. The molecular formula is C14H22BrFN2. The van der Waals surface area contributed by atoms with E-state index in [1.165, 1.54) is 6.07 Å². The van der Waals surface area contributed by atoms with Crippen LogP contribution in [-0.2, 0) is 0 Å². The highest BCUT2D eigenvalue weighted by Gasteiger charge is 2.20. The Morgan fingerprint density at radius 2 is 2.11 bits per heavy atom. The van der Waals surface area contributed by atoms with E-state index in [0.717, 1.165) is 17.4 Å². The normalized spacial score (nSPS) is 14.8. The summed E-state index contributed by atoms with van der Waals surface area (Å²) in [6.45, 7) is 5.71. The molecule has 2 unspecified atom stereocenters. The SMILES string of the molecule is CCC(C)CN(C)C(CN)c1ccc(Br)cc1F. The predicted octanol–water partition coefficient (Wildman–Crippen LogP) is 3.57. The molecule has 2 nitrogen and oxygen atoms in total. The molecule has 1 aromatic carbocycles. The van der Waals surface area contributed by atoms with Gasteiger partial charge in [0.15, 0.2) is 0 Å². The van der Waals surface area contributed by atoms with E-state index in [4.69, 9.17) is 5.73 Å². The van der Waals surface area contributed by atoms with Gasteiger partial charge in [-0.2, -0.15) is 0 Å². The summed E-state index contributed by atoms with van der Waals surface area (Å²) in [6, 6.07) is 5.10. The van der Waals surface area contributed by atoms with E-state index in [-0.39, 0.29) is 11.9 Å². The molecule has 1 rings (SSSR count). The van der Waals surface area contributed by atoms with Gasteiger partial charge in [0.25, 0.3) is 0 Å². The monoisotopic (exact) mass is 316 g/mol. The van der Waals surface area contributed by atoms with E-state index in [0.29, 0.717) is 18.0 Å². The van der Waals surface area contributed by atoms with E-state index in [2.05, 4.69) is 34.7 Å². The molecule has 0 saturated heterocycles. The fourth-order valence-electron chi connectivity index (χ4n) is 2.06. The predicted molar refractivity (Wildman–Crippen MR) is 78.0 cm³/mol. The van der Waals surface area contributed by atoms with Crippen molar-refractivity contribution in [1.82, 2.24) is 4.90 Å². The molecule has 2 N–H and O–H groups in total. The topological polar surface area (TPSA) is 29.3 Å². The molecule has 0 radical (unpaired) electrons. The molecule has 102 valence electrons. The van der Waals surface area contributed by atoms with E-state index in [1.807, 2.05) is 19.2 Å². The van der Waals surface area contributed by atoms with Crippen LogP contribution in [-0.4, -0.2) is 25.0 Å². The Morgan fingerprint density at radius 3 is 2.61 bits per heavy atom. The first-order chi connectivity index (χ1) is 8.49. The minimum atomic E-state index is -0.198. The van der Waals surface area contributed by atoms with Crippen LogP contribution in [0.3, 0.4) is 0 Å². The molecule has 0 aromatic heterocycles. The Bertz CT molecular complexity index is 384. The van der Waals surface area contributed by atoms with Crippen LogP contribution in [0.4, 0.5) is 4.39 Å². The van der Waals surface area contributed by atoms with Gasteiger partial charge >= 0.3 is 0 Å². The van der Waals surface area contributed by atoms with Gasteiger partial charge in [-0.1, -0.05) is 42.3 Å². The van der Waals surface area contributed by atoms with Crippen LogP contribution >= 0.6 is 15.9 Å². The van der Waals surface area contributed by atoms with Gasteiger partial charge in [-0.15, -0.1) is 0 Å². The van der Waals surface area contributed by atoms with Crippen LogP contribution in [0.2, 0.25) is 0 Å². The van der Waals surface area contributed by atoms with Gasteiger partial charge < -0.3 is 5.73 Å². The Hall–Kier alpha value is -0.450. The summed E-state index contributed by atoms with van der Waals surface area (Å²) in [4.78, 5) is 2.14. The van der Waals surface area contributed by atoms with Gasteiger partial charge in [0.05, 0.1) is 0 Å². The van der Waals surface area contributed by atoms with Crippen LogP contribution in [0.1, 0.15) is 31.9 Å². The number of nitrogens with zero attached hydrogens (tertiary/aromatic N) is 1. The van der Waals surface area contributed by atoms with Crippen molar-refractivity contribution in [2.75, 3.05) is 20.1 Å². The lowest BCUT2D eigenvalue weighted by Crippen LogP contribution is -2.34. The summed E-state index contributed by atoms with van der Waals surface area (Å²) in [5.41, 5.74) is 6.48. The molecule has 2 atom stereocenters. The Morgan fingerprint density at radius 1 is 1.44 bits per heavy atom. The fourth-order valence-corrected chi connectivity index (χ4v) is 2.40. The summed E-state index contributed by atoms with van der Waals surface area (Å²) in [6.07, 6.45) is 1.12. The van der Waals surface area contributed by atoms with E-state index in [9.17, 15) is 4.39 Å². The van der Waals surface area contributed by atoms with E-state index in [1.54, 1.807) is 0 Å². The average molecular weight is 317 g/mol. The van der Waals surface area contributed by atoms with Gasteiger partial charge in [0.1, 0.15) is 5.82 Å². The number of nitrogens with two attached hydrogens (primary N) is 1. The van der Waals surface area contributed by atoms with Crippen molar-refractivity contribution in [2.45, 2.75) is 26.3 Å². The lowest BCUT2D eigenvalue weighted by molar-refractivity contribution is 0.211. The van der Waals surface area contributed by atoms with Crippen LogP contribution in [0.25, 0.3) is 0 Å². The Balaban J connectivity index is 2.88. The Labute approximate surface area is 117 Å². The van der Waals surface area contributed by atoms with Crippen LogP contribution < -0.4 is 5.73 Å². The molecule has 0 aliphatic heterocycles. The summed E-state index contributed by atoms with van der Waals surface area (Å²) < 4.78 is 14.7. The van der Waals surface area contributed by atoms with Crippen molar-refractivity contribution in [3.63, 3.8) is 0 Å². The Kier molecular flexibility index (Phi) is 6.26. The molecule has 0 spiro atoms. The van der Waals surface area contributed by atoms with E-state index < -0.39 is 0 Å². The molecule has 0 bridgehead atoms. The zero-order chi connectivity index (χ0) is 13.7. The molecule has 0 heterocycles.